The fourth-order valence-corrected chi connectivity index (χ4v) is 2.70. The summed E-state index contributed by atoms with van der Waals surface area (Å²) in [4.78, 5) is 23.5. The summed E-state index contributed by atoms with van der Waals surface area (Å²) in [6.07, 6.45) is 3.42. The largest absolute Gasteiger partial charge is 0.457 e. The summed E-state index contributed by atoms with van der Waals surface area (Å²) in [5.74, 6) is -0.761. The van der Waals surface area contributed by atoms with Gasteiger partial charge in [-0.1, -0.05) is 46.3 Å². The Kier molecular flexibility index (Phi) is 7.06. The first-order chi connectivity index (χ1) is 11.6. The van der Waals surface area contributed by atoms with Crippen molar-refractivity contribution in [3.8, 4) is 0 Å². The number of hydrogen-bond donors (Lipinski definition) is 1. The average Bonchev–Trinajstić information content (AvgIpc) is 2.99. The zero-order chi connectivity index (χ0) is 17.4. The van der Waals surface area contributed by atoms with Crippen LogP contribution in [0.5, 0.6) is 0 Å². The lowest BCUT2D eigenvalue weighted by atomic mass is 10.1. The average molecular weight is 393 g/mol. The quantitative estimate of drug-likeness (QED) is 0.526. The van der Waals surface area contributed by atoms with Gasteiger partial charge in [-0.2, -0.15) is 0 Å². The first-order valence-electron chi connectivity index (χ1n) is 7.85. The Labute approximate surface area is 149 Å². The molecule has 0 radical (unpaired) electrons. The van der Waals surface area contributed by atoms with Crippen molar-refractivity contribution in [1.82, 2.24) is 4.57 Å². The zero-order valence-electron chi connectivity index (χ0n) is 13.4. The number of hydrogen-bond acceptors (Lipinski definition) is 3. The van der Waals surface area contributed by atoms with Crippen molar-refractivity contribution in [2.75, 3.05) is 5.33 Å². The fourth-order valence-electron chi connectivity index (χ4n) is 2.45. The zero-order valence-corrected chi connectivity index (χ0v) is 15.0. The van der Waals surface area contributed by atoms with E-state index in [1.165, 1.54) is 0 Å². The normalized spacial score (nSPS) is 10.5. The maximum atomic E-state index is 12.4. The molecule has 0 unspecified atom stereocenters. The monoisotopic (exact) mass is 392 g/mol. The summed E-state index contributed by atoms with van der Waals surface area (Å²) in [6.45, 7) is 0.993. The van der Waals surface area contributed by atoms with Gasteiger partial charge in [-0.3, -0.25) is 4.79 Å². The molecule has 1 amide bonds. The molecule has 2 rings (SSSR count). The summed E-state index contributed by atoms with van der Waals surface area (Å²) in [6, 6.07) is 11.3. The lowest BCUT2D eigenvalue weighted by Gasteiger charge is -2.10. The summed E-state index contributed by atoms with van der Waals surface area (Å²) in [5.41, 5.74) is 7.48. The molecule has 0 aliphatic heterocycles. The van der Waals surface area contributed by atoms with E-state index in [0.29, 0.717) is 12.0 Å². The number of carbonyl (C=O) groups is 2. The molecule has 0 bridgehead atoms. The second kappa shape index (κ2) is 9.27. The highest BCUT2D eigenvalue weighted by atomic mass is 79.9. The number of benzene rings is 1. The van der Waals surface area contributed by atoms with E-state index < -0.39 is 0 Å². The van der Waals surface area contributed by atoms with Crippen molar-refractivity contribution in [1.29, 1.82) is 0 Å². The van der Waals surface area contributed by atoms with Crippen LogP contribution in [0.2, 0.25) is 0 Å². The van der Waals surface area contributed by atoms with Gasteiger partial charge in [-0.15, -0.1) is 0 Å². The Hall–Kier alpha value is -2.08. The highest BCUT2D eigenvalue weighted by molar-refractivity contribution is 9.09. The first kappa shape index (κ1) is 18.3. The molecule has 1 aromatic heterocycles. The Morgan fingerprint density at radius 3 is 2.58 bits per heavy atom. The number of halogens is 1. The third-order valence-electron chi connectivity index (χ3n) is 3.65. The first-order valence-corrected chi connectivity index (χ1v) is 8.97. The van der Waals surface area contributed by atoms with Crippen LogP contribution in [-0.4, -0.2) is 21.8 Å². The van der Waals surface area contributed by atoms with Crippen LogP contribution in [0.3, 0.4) is 0 Å². The molecule has 6 heteroatoms. The van der Waals surface area contributed by atoms with Gasteiger partial charge >= 0.3 is 5.97 Å². The van der Waals surface area contributed by atoms with Crippen LogP contribution in [0.1, 0.15) is 34.5 Å². The number of primary amides is 1. The fraction of sp³-hybridized carbons (Fsp3) is 0.333. The van der Waals surface area contributed by atoms with E-state index in [-0.39, 0.29) is 24.9 Å². The molecule has 1 aromatic carbocycles. The van der Waals surface area contributed by atoms with Gasteiger partial charge in [0.15, 0.2) is 0 Å². The van der Waals surface area contributed by atoms with E-state index in [2.05, 4.69) is 15.9 Å². The Morgan fingerprint density at radius 1 is 1.17 bits per heavy atom. The molecule has 0 saturated heterocycles. The third kappa shape index (κ3) is 5.23. The second-order valence-corrected chi connectivity index (χ2v) is 6.23. The van der Waals surface area contributed by atoms with Gasteiger partial charge in [0.1, 0.15) is 6.61 Å². The topological polar surface area (TPSA) is 74.3 Å². The predicted molar refractivity (Wildman–Crippen MR) is 95.9 cm³/mol. The van der Waals surface area contributed by atoms with Crippen LogP contribution < -0.4 is 5.73 Å². The molecule has 1 heterocycles. The number of aryl methyl sites for hydroxylation is 1. The molecule has 0 spiro atoms. The number of alkyl halides is 1. The van der Waals surface area contributed by atoms with E-state index in [0.717, 1.165) is 29.6 Å². The van der Waals surface area contributed by atoms with E-state index in [1.54, 1.807) is 6.07 Å². The molecule has 24 heavy (non-hydrogen) atoms. The SMILES string of the molecule is NC(=O)CCc1c(C(=O)OCc2ccccc2)ccn1CCCBr. The highest BCUT2D eigenvalue weighted by Gasteiger charge is 2.18. The summed E-state index contributed by atoms with van der Waals surface area (Å²) < 4.78 is 7.39. The van der Waals surface area contributed by atoms with Crippen LogP contribution in [-0.2, 0) is 29.1 Å². The van der Waals surface area contributed by atoms with E-state index in [4.69, 9.17) is 10.5 Å². The molecule has 0 saturated carbocycles. The number of amides is 1. The van der Waals surface area contributed by atoms with E-state index in [1.807, 2.05) is 41.1 Å². The summed E-state index contributed by atoms with van der Waals surface area (Å²) in [7, 11) is 0. The molecule has 0 aliphatic rings. The van der Waals surface area contributed by atoms with Crippen LogP contribution in [0.15, 0.2) is 42.6 Å². The van der Waals surface area contributed by atoms with E-state index >= 15 is 0 Å². The predicted octanol–water partition coefficient (Wildman–Crippen LogP) is 3.05. The van der Waals surface area contributed by atoms with E-state index in [9.17, 15) is 9.59 Å². The van der Waals surface area contributed by atoms with Gasteiger partial charge in [-0.05, 0) is 24.5 Å². The van der Waals surface area contributed by atoms with Gasteiger partial charge in [0.05, 0.1) is 5.56 Å². The molecular weight excluding hydrogens is 372 g/mol. The molecule has 5 nitrogen and oxygen atoms in total. The molecule has 2 N–H and O–H groups in total. The minimum absolute atomic E-state index is 0.206. The van der Waals surface area contributed by atoms with Crippen LogP contribution in [0.4, 0.5) is 0 Å². The number of carbonyl (C=O) groups excluding carboxylic acids is 2. The second-order valence-electron chi connectivity index (χ2n) is 5.44. The number of rotatable bonds is 9. The Balaban J connectivity index is 2.10. The molecule has 2 aromatic rings. The number of aromatic nitrogens is 1. The van der Waals surface area contributed by atoms with Gasteiger partial charge < -0.3 is 15.0 Å². The summed E-state index contributed by atoms with van der Waals surface area (Å²) in [5, 5.41) is 0.869. The van der Waals surface area contributed by atoms with Gasteiger partial charge in [0.2, 0.25) is 5.91 Å². The molecule has 0 fully saturated rings. The van der Waals surface area contributed by atoms with Crippen molar-refractivity contribution in [2.24, 2.45) is 5.73 Å². The van der Waals surface area contributed by atoms with Gasteiger partial charge in [0, 0.05) is 30.2 Å². The molecule has 0 aliphatic carbocycles. The summed E-state index contributed by atoms with van der Waals surface area (Å²) >= 11 is 3.40. The molecular formula is C18H21BrN2O3. The maximum absolute atomic E-state index is 12.4. The number of nitrogens with two attached hydrogens (primary N) is 1. The minimum Gasteiger partial charge on any atom is -0.457 e. The highest BCUT2D eigenvalue weighted by Crippen LogP contribution is 2.17. The van der Waals surface area contributed by atoms with Crippen molar-refractivity contribution in [3.63, 3.8) is 0 Å². The van der Waals surface area contributed by atoms with Crippen molar-refractivity contribution in [3.05, 3.63) is 59.4 Å². The Bertz CT molecular complexity index is 683. The third-order valence-corrected chi connectivity index (χ3v) is 4.21. The lowest BCUT2D eigenvalue weighted by molar-refractivity contribution is -0.118. The smallest absolute Gasteiger partial charge is 0.340 e. The molecule has 128 valence electrons. The number of esters is 1. The maximum Gasteiger partial charge on any atom is 0.340 e. The standard InChI is InChI=1S/C18H21BrN2O3/c19-10-4-11-21-12-9-15(16(21)7-8-17(20)22)18(23)24-13-14-5-2-1-3-6-14/h1-3,5-6,9,12H,4,7-8,10-11,13H2,(H2,20,22). The van der Waals surface area contributed by atoms with Gasteiger partial charge in [0.25, 0.3) is 0 Å². The Morgan fingerprint density at radius 2 is 1.92 bits per heavy atom. The van der Waals surface area contributed by atoms with Crippen LogP contribution in [0.25, 0.3) is 0 Å². The minimum atomic E-state index is -0.383. The number of nitrogens with zero attached hydrogens (tertiary/aromatic N) is 1. The van der Waals surface area contributed by atoms with Gasteiger partial charge in [-0.25, -0.2) is 4.79 Å². The van der Waals surface area contributed by atoms with Crippen LogP contribution in [0, 0.1) is 0 Å². The van der Waals surface area contributed by atoms with Crippen molar-refractivity contribution >= 4 is 27.8 Å². The molecule has 0 atom stereocenters. The lowest BCUT2D eigenvalue weighted by Crippen LogP contribution is -2.15. The van der Waals surface area contributed by atoms with Crippen molar-refractivity contribution in [2.45, 2.75) is 32.4 Å². The van der Waals surface area contributed by atoms with Crippen molar-refractivity contribution < 1.29 is 14.3 Å². The van der Waals surface area contributed by atoms with Crippen LogP contribution >= 0.6 is 15.9 Å². The number of ether oxygens (including phenoxy) is 1.